The van der Waals surface area contributed by atoms with Crippen LogP contribution in [0, 0.1) is 17.8 Å². The van der Waals surface area contributed by atoms with Gasteiger partial charge in [0, 0.05) is 6.61 Å². The van der Waals surface area contributed by atoms with Gasteiger partial charge in [-0.15, -0.1) is 6.58 Å². The predicted molar refractivity (Wildman–Crippen MR) is 82.3 cm³/mol. The second kappa shape index (κ2) is 8.09. The normalized spacial score (nSPS) is 36.1. The first-order valence-corrected chi connectivity index (χ1v) is 8.56. The topological polar surface area (TPSA) is 9.23 Å². The highest BCUT2D eigenvalue weighted by Crippen LogP contribution is 2.35. The molecule has 0 aromatic heterocycles. The Morgan fingerprint density at radius 1 is 0.895 bits per heavy atom. The maximum absolute atomic E-state index is 5.74. The maximum Gasteiger partial charge on any atom is 0.0575 e. The van der Waals surface area contributed by atoms with Gasteiger partial charge >= 0.3 is 0 Å². The molecule has 0 N–H and O–H groups in total. The number of ether oxygens (including phenoxy) is 1. The molecule has 2 aliphatic rings. The van der Waals surface area contributed by atoms with Crippen molar-refractivity contribution in [1.29, 1.82) is 0 Å². The van der Waals surface area contributed by atoms with E-state index in [1.165, 1.54) is 64.2 Å². The van der Waals surface area contributed by atoms with Gasteiger partial charge in [-0.25, -0.2) is 0 Å². The smallest absolute Gasteiger partial charge is 0.0575 e. The highest BCUT2D eigenvalue weighted by molar-refractivity contribution is 4.84. The van der Waals surface area contributed by atoms with E-state index in [0.29, 0.717) is 6.10 Å². The molecule has 1 nitrogen and oxygen atoms in total. The molecular formula is C18H32O. The van der Waals surface area contributed by atoms with Crippen molar-refractivity contribution >= 4 is 0 Å². The Morgan fingerprint density at radius 2 is 1.42 bits per heavy atom. The molecule has 2 fully saturated rings. The third kappa shape index (κ3) is 4.95. The summed E-state index contributed by atoms with van der Waals surface area (Å²) in [5.74, 6) is 2.83. The van der Waals surface area contributed by atoms with E-state index < -0.39 is 0 Å². The third-order valence-corrected chi connectivity index (χ3v) is 5.40. The van der Waals surface area contributed by atoms with Crippen LogP contribution in [0.4, 0.5) is 0 Å². The van der Waals surface area contributed by atoms with Crippen molar-refractivity contribution in [3.05, 3.63) is 12.7 Å². The fourth-order valence-corrected chi connectivity index (χ4v) is 4.01. The van der Waals surface area contributed by atoms with E-state index in [-0.39, 0.29) is 0 Å². The highest BCUT2D eigenvalue weighted by Gasteiger charge is 2.24. The molecule has 0 spiro atoms. The van der Waals surface area contributed by atoms with Crippen molar-refractivity contribution in [2.24, 2.45) is 17.8 Å². The molecule has 110 valence electrons. The molecule has 1 heteroatoms. The zero-order valence-corrected chi connectivity index (χ0v) is 12.8. The van der Waals surface area contributed by atoms with Crippen LogP contribution < -0.4 is 0 Å². The SMILES string of the molecule is C=C[C@H]1CC[C@H](CC[C@H]2CC[C@H](OCC)CC2)CC1. The number of hydrogen-bond donors (Lipinski definition) is 0. The fraction of sp³-hybridized carbons (Fsp3) is 0.889. The van der Waals surface area contributed by atoms with Gasteiger partial charge in [-0.05, 0) is 76.0 Å². The summed E-state index contributed by atoms with van der Waals surface area (Å²) in [5.41, 5.74) is 0. The van der Waals surface area contributed by atoms with Crippen LogP contribution in [0.25, 0.3) is 0 Å². The summed E-state index contributed by atoms with van der Waals surface area (Å²) in [6, 6.07) is 0. The number of rotatable bonds is 6. The minimum absolute atomic E-state index is 0.573. The zero-order valence-electron chi connectivity index (χ0n) is 12.8. The number of hydrogen-bond acceptors (Lipinski definition) is 1. The summed E-state index contributed by atoms with van der Waals surface area (Å²) >= 11 is 0. The van der Waals surface area contributed by atoms with Crippen LogP contribution in [-0.2, 0) is 4.74 Å². The first kappa shape index (κ1) is 15.1. The van der Waals surface area contributed by atoms with Crippen LogP contribution in [0.3, 0.4) is 0 Å². The van der Waals surface area contributed by atoms with Crippen LogP contribution in [0.1, 0.15) is 71.1 Å². The van der Waals surface area contributed by atoms with E-state index in [2.05, 4.69) is 19.6 Å². The van der Waals surface area contributed by atoms with Gasteiger partial charge in [0.05, 0.1) is 6.10 Å². The van der Waals surface area contributed by atoms with Crippen LogP contribution >= 0.6 is 0 Å². The van der Waals surface area contributed by atoms with Crippen molar-refractivity contribution in [3.8, 4) is 0 Å². The van der Waals surface area contributed by atoms with Crippen molar-refractivity contribution in [2.75, 3.05) is 6.61 Å². The standard InChI is InChI=1S/C18H32O/c1-3-15-5-7-16(8-6-15)9-10-17-11-13-18(14-12-17)19-4-2/h3,15-18H,1,4-14H2,2H3/t15-,16-,17-,18-. The second-order valence-corrected chi connectivity index (χ2v) is 6.69. The molecule has 0 radical (unpaired) electrons. The van der Waals surface area contributed by atoms with Crippen molar-refractivity contribution in [3.63, 3.8) is 0 Å². The first-order valence-electron chi connectivity index (χ1n) is 8.56. The molecule has 2 aliphatic carbocycles. The molecule has 0 unspecified atom stereocenters. The lowest BCUT2D eigenvalue weighted by atomic mass is 9.77. The lowest BCUT2D eigenvalue weighted by molar-refractivity contribution is 0.0239. The average Bonchev–Trinajstić information content (AvgIpc) is 2.47. The van der Waals surface area contributed by atoms with Gasteiger partial charge in [-0.1, -0.05) is 18.9 Å². The van der Waals surface area contributed by atoms with E-state index in [1.54, 1.807) is 0 Å². The quantitative estimate of drug-likeness (QED) is 0.587. The Kier molecular flexibility index (Phi) is 6.43. The Bertz CT molecular complexity index is 244. The summed E-state index contributed by atoms with van der Waals surface area (Å²) in [5, 5.41) is 0. The molecular weight excluding hydrogens is 232 g/mol. The van der Waals surface area contributed by atoms with E-state index >= 15 is 0 Å². The van der Waals surface area contributed by atoms with Crippen molar-refractivity contribution < 1.29 is 4.74 Å². The van der Waals surface area contributed by atoms with Crippen molar-refractivity contribution in [1.82, 2.24) is 0 Å². The zero-order chi connectivity index (χ0) is 13.5. The summed E-state index contributed by atoms with van der Waals surface area (Å²) in [7, 11) is 0. The predicted octanol–water partition coefficient (Wildman–Crippen LogP) is 5.35. The molecule has 0 aliphatic heterocycles. The van der Waals surface area contributed by atoms with E-state index in [4.69, 9.17) is 4.74 Å². The Hall–Kier alpha value is -0.300. The molecule has 0 aromatic rings. The molecule has 0 bridgehead atoms. The monoisotopic (exact) mass is 264 g/mol. The minimum Gasteiger partial charge on any atom is -0.379 e. The van der Waals surface area contributed by atoms with E-state index in [0.717, 1.165) is 24.4 Å². The van der Waals surface area contributed by atoms with Gasteiger partial charge in [0.25, 0.3) is 0 Å². The van der Waals surface area contributed by atoms with Gasteiger partial charge in [0.15, 0.2) is 0 Å². The molecule has 0 atom stereocenters. The van der Waals surface area contributed by atoms with Gasteiger partial charge in [-0.3, -0.25) is 0 Å². The summed E-state index contributed by atoms with van der Waals surface area (Å²) in [6.45, 7) is 6.95. The lowest BCUT2D eigenvalue weighted by Gasteiger charge is -2.31. The van der Waals surface area contributed by atoms with E-state index in [1.807, 2.05) is 0 Å². The van der Waals surface area contributed by atoms with Gasteiger partial charge in [-0.2, -0.15) is 0 Å². The average molecular weight is 264 g/mol. The summed E-state index contributed by atoms with van der Waals surface area (Å²) in [4.78, 5) is 0. The molecule has 0 heterocycles. The van der Waals surface area contributed by atoms with Crippen LogP contribution in [0.2, 0.25) is 0 Å². The lowest BCUT2D eigenvalue weighted by Crippen LogP contribution is -2.22. The summed E-state index contributed by atoms with van der Waals surface area (Å²) < 4.78 is 5.74. The Balaban J connectivity index is 1.58. The molecule has 0 amide bonds. The minimum atomic E-state index is 0.573. The fourth-order valence-electron chi connectivity index (χ4n) is 4.01. The Labute approximate surface area is 119 Å². The number of allylic oxidation sites excluding steroid dienone is 1. The largest absolute Gasteiger partial charge is 0.379 e. The van der Waals surface area contributed by atoms with Gasteiger partial charge < -0.3 is 4.74 Å². The first-order chi connectivity index (χ1) is 9.31. The Morgan fingerprint density at radius 3 is 1.89 bits per heavy atom. The van der Waals surface area contributed by atoms with Crippen LogP contribution in [0.15, 0.2) is 12.7 Å². The van der Waals surface area contributed by atoms with E-state index in [9.17, 15) is 0 Å². The third-order valence-electron chi connectivity index (χ3n) is 5.40. The van der Waals surface area contributed by atoms with Crippen LogP contribution in [0.5, 0.6) is 0 Å². The molecule has 19 heavy (non-hydrogen) atoms. The molecule has 0 saturated heterocycles. The van der Waals surface area contributed by atoms with Gasteiger partial charge in [0.2, 0.25) is 0 Å². The summed E-state index contributed by atoms with van der Waals surface area (Å²) in [6.07, 6.45) is 16.8. The molecule has 2 rings (SSSR count). The highest BCUT2D eigenvalue weighted by atomic mass is 16.5. The maximum atomic E-state index is 5.74. The van der Waals surface area contributed by atoms with Crippen LogP contribution in [-0.4, -0.2) is 12.7 Å². The second-order valence-electron chi connectivity index (χ2n) is 6.69. The van der Waals surface area contributed by atoms with Gasteiger partial charge in [0.1, 0.15) is 0 Å². The van der Waals surface area contributed by atoms with Crippen molar-refractivity contribution in [2.45, 2.75) is 77.2 Å². The molecule has 0 aromatic carbocycles. The molecule has 2 saturated carbocycles.